The van der Waals surface area contributed by atoms with E-state index >= 15 is 0 Å². The van der Waals surface area contributed by atoms with E-state index in [0.29, 0.717) is 42.4 Å². The van der Waals surface area contributed by atoms with E-state index < -0.39 is 11.9 Å². The van der Waals surface area contributed by atoms with Gasteiger partial charge in [-0.1, -0.05) is 24.3 Å². The minimum Gasteiger partial charge on any atom is -0.490 e. The van der Waals surface area contributed by atoms with Crippen LogP contribution in [-0.4, -0.2) is 44.5 Å². The lowest BCUT2D eigenvalue weighted by Gasteiger charge is -2.11. The van der Waals surface area contributed by atoms with Crippen molar-refractivity contribution in [2.45, 2.75) is 18.9 Å². The Bertz CT molecular complexity index is 1070. The van der Waals surface area contributed by atoms with Crippen LogP contribution in [-0.2, 0) is 9.47 Å². The maximum Gasteiger partial charge on any atom is 0.343 e. The number of para-hydroxylation sites is 1. The summed E-state index contributed by atoms with van der Waals surface area (Å²) in [4.78, 5) is 24.7. The fraction of sp³-hybridized carbons (Fsp3) is 0.259. The first-order valence-electron chi connectivity index (χ1n) is 11.2. The SMILES string of the molecule is O=C(OCC1CCCO1)c1ccc(OC(=O)c2cccc(OCCOc3ccccc3)c2)cc1. The first kappa shape index (κ1) is 23.3. The van der Waals surface area contributed by atoms with Crippen LogP contribution in [0.5, 0.6) is 17.2 Å². The van der Waals surface area contributed by atoms with Gasteiger partial charge in [0.15, 0.2) is 0 Å². The van der Waals surface area contributed by atoms with Gasteiger partial charge in [0.2, 0.25) is 0 Å². The Morgan fingerprint density at radius 3 is 2.24 bits per heavy atom. The number of carbonyl (C=O) groups is 2. The predicted molar refractivity (Wildman–Crippen MR) is 125 cm³/mol. The van der Waals surface area contributed by atoms with Gasteiger partial charge in [-0.25, -0.2) is 9.59 Å². The Morgan fingerprint density at radius 1 is 0.765 bits per heavy atom. The number of esters is 2. The van der Waals surface area contributed by atoms with Crippen LogP contribution in [0.25, 0.3) is 0 Å². The first-order chi connectivity index (χ1) is 16.7. The maximum absolute atomic E-state index is 12.5. The molecule has 3 aromatic carbocycles. The summed E-state index contributed by atoms with van der Waals surface area (Å²) < 4.78 is 27.4. The maximum atomic E-state index is 12.5. The van der Waals surface area contributed by atoms with Crippen molar-refractivity contribution in [3.63, 3.8) is 0 Å². The quantitative estimate of drug-likeness (QED) is 0.245. The highest BCUT2D eigenvalue weighted by Gasteiger charge is 2.18. The van der Waals surface area contributed by atoms with Gasteiger partial charge in [0.1, 0.15) is 37.1 Å². The zero-order chi connectivity index (χ0) is 23.6. The molecule has 0 saturated carbocycles. The molecule has 0 bridgehead atoms. The minimum atomic E-state index is -0.528. The molecule has 0 radical (unpaired) electrons. The summed E-state index contributed by atoms with van der Waals surface area (Å²) in [5.41, 5.74) is 0.729. The van der Waals surface area contributed by atoms with Crippen molar-refractivity contribution in [3.05, 3.63) is 90.0 Å². The second-order valence-corrected chi connectivity index (χ2v) is 7.69. The molecule has 3 aromatic rings. The van der Waals surface area contributed by atoms with Crippen LogP contribution in [0.15, 0.2) is 78.9 Å². The number of rotatable bonds is 10. The molecule has 7 nitrogen and oxygen atoms in total. The molecule has 7 heteroatoms. The third-order valence-electron chi connectivity index (χ3n) is 5.16. The van der Waals surface area contributed by atoms with Crippen molar-refractivity contribution in [2.24, 2.45) is 0 Å². The molecule has 1 atom stereocenters. The van der Waals surface area contributed by atoms with Crippen LogP contribution in [0.3, 0.4) is 0 Å². The molecule has 1 saturated heterocycles. The Balaban J connectivity index is 1.24. The molecule has 1 fully saturated rings. The summed E-state index contributed by atoms with van der Waals surface area (Å²) in [7, 11) is 0. The van der Waals surface area contributed by atoms with E-state index in [2.05, 4.69) is 0 Å². The number of carbonyl (C=O) groups excluding carboxylic acids is 2. The summed E-state index contributed by atoms with van der Waals surface area (Å²) in [5.74, 6) is 0.665. The van der Waals surface area contributed by atoms with Gasteiger partial charge in [-0.05, 0) is 67.4 Å². The molecular formula is C27H26O7. The molecule has 0 spiro atoms. The molecule has 0 amide bonds. The van der Waals surface area contributed by atoms with Crippen LogP contribution in [0.2, 0.25) is 0 Å². The monoisotopic (exact) mass is 462 g/mol. The third-order valence-corrected chi connectivity index (χ3v) is 5.16. The lowest BCUT2D eigenvalue weighted by molar-refractivity contribution is 0.0161. The molecule has 0 N–H and O–H groups in total. The smallest absolute Gasteiger partial charge is 0.343 e. The van der Waals surface area contributed by atoms with Crippen molar-refractivity contribution in [1.82, 2.24) is 0 Å². The highest BCUT2D eigenvalue weighted by Crippen LogP contribution is 2.19. The van der Waals surface area contributed by atoms with E-state index in [1.165, 1.54) is 0 Å². The zero-order valence-electron chi connectivity index (χ0n) is 18.7. The van der Waals surface area contributed by atoms with Crippen molar-refractivity contribution in [2.75, 3.05) is 26.4 Å². The van der Waals surface area contributed by atoms with E-state index in [4.69, 9.17) is 23.7 Å². The number of ether oxygens (including phenoxy) is 5. The van der Waals surface area contributed by atoms with Crippen molar-refractivity contribution in [3.8, 4) is 17.2 Å². The van der Waals surface area contributed by atoms with E-state index in [1.54, 1.807) is 48.5 Å². The molecule has 0 aliphatic carbocycles. The van der Waals surface area contributed by atoms with Crippen molar-refractivity contribution in [1.29, 1.82) is 0 Å². The van der Waals surface area contributed by atoms with Gasteiger partial charge in [-0.2, -0.15) is 0 Å². The van der Waals surface area contributed by atoms with Crippen LogP contribution in [0, 0.1) is 0 Å². The lowest BCUT2D eigenvalue weighted by atomic mass is 10.2. The lowest BCUT2D eigenvalue weighted by Crippen LogP contribution is -2.17. The van der Waals surface area contributed by atoms with Gasteiger partial charge in [0.25, 0.3) is 0 Å². The van der Waals surface area contributed by atoms with Crippen LogP contribution < -0.4 is 14.2 Å². The summed E-state index contributed by atoms with van der Waals surface area (Å²) >= 11 is 0. The fourth-order valence-electron chi connectivity index (χ4n) is 3.40. The third kappa shape index (κ3) is 6.83. The molecule has 1 aliphatic rings. The molecule has 34 heavy (non-hydrogen) atoms. The first-order valence-corrected chi connectivity index (χ1v) is 11.2. The number of hydrogen-bond acceptors (Lipinski definition) is 7. The number of hydrogen-bond donors (Lipinski definition) is 0. The Morgan fingerprint density at radius 2 is 1.50 bits per heavy atom. The summed E-state index contributed by atoms with van der Waals surface area (Å²) in [5, 5.41) is 0. The number of benzene rings is 3. The summed E-state index contributed by atoms with van der Waals surface area (Å²) in [6.07, 6.45) is 1.86. The molecule has 1 heterocycles. The van der Waals surface area contributed by atoms with Gasteiger partial charge in [-0.15, -0.1) is 0 Å². The molecule has 176 valence electrons. The van der Waals surface area contributed by atoms with E-state index in [0.717, 1.165) is 18.6 Å². The topological polar surface area (TPSA) is 80.3 Å². The Hall–Kier alpha value is -3.84. The zero-order valence-corrected chi connectivity index (χ0v) is 18.7. The van der Waals surface area contributed by atoms with Gasteiger partial charge in [0, 0.05) is 6.61 Å². The molecule has 1 aliphatic heterocycles. The normalized spacial score (nSPS) is 14.9. The second-order valence-electron chi connectivity index (χ2n) is 7.69. The molecule has 1 unspecified atom stereocenters. The molecule has 0 aromatic heterocycles. The highest BCUT2D eigenvalue weighted by atomic mass is 16.6. The van der Waals surface area contributed by atoms with Gasteiger partial charge in [-0.3, -0.25) is 0 Å². The van der Waals surface area contributed by atoms with Crippen LogP contribution in [0.4, 0.5) is 0 Å². The predicted octanol–water partition coefficient (Wildman–Crippen LogP) is 4.70. The van der Waals surface area contributed by atoms with Gasteiger partial charge >= 0.3 is 11.9 Å². The van der Waals surface area contributed by atoms with Crippen LogP contribution >= 0.6 is 0 Å². The van der Waals surface area contributed by atoms with E-state index in [-0.39, 0.29) is 12.7 Å². The van der Waals surface area contributed by atoms with Crippen LogP contribution in [0.1, 0.15) is 33.6 Å². The summed E-state index contributed by atoms with van der Waals surface area (Å²) in [6, 6.07) is 22.4. The van der Waals surface area contributed by atoms with Crippen molar-refractivity contribution >= 4 is 11.9 Å². The largest absolute Gasteiger partial charge is 0.490 e. The Labute approximate surface area is 198 Å². The average Bonchev–Trinajstić information content (AvgIpc) is 3.40. The second kappa shape index (κ2) is 11.9. The van der Waals surface area contributed by atoms with Gasteiger partial charge in [0.05, 0.1) is 17.2 Å². The average molecular weight is 462 g/mol. The fourth-order valence-corrected chi connectivity index (χ4v) is 3.40. The molecular weight excluding hydrogens is 436 g/mol. The summed E-state index contributed by atoms with van der Waals surface area (Å²) in [6.45, 7) is 1.66. The highest BCUT2D eigenvalue weighted by molar-refractivity contribution is 5.92. The Kier molecular flexibility index (Phi) is 8.13. The van der Waals surface area contributed by atoms with Crippen molar-refractivity contribution < 1.29 is 33.3 Å². The van der Waals surface area contributed by atoms with Gasteiger partial charge < -0.3 is 23.7 Å². The van der Waals surface area contributed by atoms with E-state index in [9.17, 15) is 9.59 Å². The standard InChI is InChI=1S/C27H26O7/c28-26(33-19-25-10-5-15-30-25)20-11-13-23(14-12-20)34-27(29)21-6-4-9-24(18-21)32-17-16-31-22-7-2-1-3-8-22/h1-4,6-9,11-14,18,25H,5,10,15-17,19H2. The van der Waals surface area contributed by atoms with E-state index in [1.807, 2.05) is 30.3 Å². The minimum absolute atomic E-state index is 0.0275. The molecule has 4 rings (SSSR count).